The molecule has 3 rings (SSSR count). The number of nitrogens with zero attached hydrogens (tertiary/aromatic N) is 3. The van der Waals surface area contributed by atoms with Crippen LogP contribution in [0.2, 0.25) is 0 Å². The van der Waals surface area contributed by atoms with Crippen molar-refractivity contribution in [2.45, 2.75) is 32.2 Å². The first-order valence-electron chi connectivity index (χ1n) is 8.29. The Balaban J connectivity index is 1.80. The summed E-state index contributed by atoms with van der Waals surface area (Å²) in [5, 5.41) is 13.4. The molecular weight excluding hydrogens is 292 g/mol. The van der Waals surface area contributed by atoms with Crippen molar-refractivity contribution in [3.8, 4) is 0 Å². The van der Waals surface area contributed by atoms with E-state index in [9.17, 15) is 4.79 Å². The maximum absolute atomic E-state index is 12.9. The van der Waals surface area contributed by atoms with Gasteiger partial charge in [-0.05, 0) is 49.3 Å². The van der Waals surface area contributed by atoms with Crippen LogP contribution in [0.15, 0.2) is 24.5 Å². The summed E-state index contributed by atoms with van der Waals surface area (Å²) in [6, 6.07) is 3.85. The van der Waals surface area contributed by atoms with Gasteiger partial charge in [0.05, 0.1) is 17.3 Å². The molecule has 1 unspecified atom stereocenters. The van der Waals surface area contributed by atoms with Crippen LogP contribution in [0, 0.1) is 5.92 Å². The minimum absolute atomic E-state index is 0.0406. The monoisotopic (exact) mass is 316 g/mol. The Morgan fingerprint density at radius 2 is 2.26 bits per heavy atom. The zero-order valence-electron chi connectivity index (χ0n) is 13.3. The van der Waals surface area contributed by atoms with E-state index in [-0.39, 0.29) is 12.5 Å². The summed E-state index contributed by atoms with van der Waals surface area (Å²) >= 11 is 0. The summed E-state index contributed by atoms with van der Waals surface area (Å²) in [5.41, 5.74) is 8.14. The van der Waals surface area contributed by atoms with Crippen molar-refractivity contribution < 1.29 is 9.90 Å². The topological polar surface area (TPSA) is 83.9 Å². The van der Waals surface area contributed by atoms with E-state index < -0.39 is 0 Å². The van der Waals surface area contributed by atoms with Crippen molar-refractivity contribution in [1.29, 1.82) is 0 Å². The maximum atomic E-state index is 12.9. The molecule has 3 heterocycles. The van der Waals surface area contributed by atoms with E-state index in [4.69, 9.17) is 10.8 Å². The van der Waals surface area contributed by atoms with Crippen molar-refractivity contribution in [2.24, 2.45) is 11.7 Å². The molecule has 1 aliphatic rings. The van der Waals surface area contributed by atoms with Gasteiger partial charge in [-0.15, -0.1) is 0 Å². The summed E-state index contributed by atoms with van der Waals surface area (Å²) < 4.78 is 1.72. The van der Waals surface area contributed by atoms with E-state index >= 15 is 0 Å². The van der Waals surface area contributed by atoms with E-state index in [0.29, 0.717) is 18.0 Å². The molecule has 6 heteroatoms. The minimum Gasteiger partial charge on any atom is -0.396 e. The molecule has 0 bridgehead atoms. The first-order valence-corrected chi connectivity index (χ1v) is 8.29. The molecule has 0 spiro atoms. The van der Waals surface area contributed by atoms with Crippen molar-refractivity contribution >= 4 is 11.4 Å². The summed E-state index contributed by atoms with van der Waals surface area (Å²) in [4.78, 5) is 14.8. The van der Waals surface area contributed by atoms with E-state index in [1.165, 1.54) is 0 Å². The summed E-state index contributed by atoms with van der Waals surface area (Å²) in [7, 11) is 0. The average molecular weight is 316 g/mol. The number of carbonyl (C=O) groups is 1. The molecule has 0 radical (unpaired) electrons. The number of aliphatic hydroxyl groups is 1. The second-order valence-corrected chi connectivity index (χ2v) is 6.23. The van der Waals surface area contributed by atoms with Crippen molar-refractivity contribution in [1.82, 2.24) is 14.5 Å². The van der Waals surface area contributed by atoms with Gasteiger partial charge in [-0.25, -0.2) is 4.52 Å². The summed E-state index contributed by atoms with van der Waals surface area (Å²) in [5.74, 6) is 0.560. The predicted molar refractivity (Wildman–Crippen MR) is 88.0 cm³/mol. The average Bonchev–Trinajstić information content (AvgIpc) is 2.85. The highest BCUT2D eigenvalue weighted by atomic mass is 16.3. The number of pyridine rings is 1. The number of carbonyl (C=O) groups excluding carboxylic acids is 1. The molecule has 6 nitrogen and oxygen atoms in total. The van der Waals surface area contributed by atoms with Gasteiger partial charge in [0, 0.05) is 32.4 Å². The largest absolute Gasteiger partial charge is 0.396 e. The van der Waals surface area contributed by atoms with Crippen LogP contribution >= 0.6 is 0 Å². The molecule has 2 aromatic heterocycles. The molecule has 1 fully saturated rings. The van der Waals surface area contributed by atoms with Crippen LogP contribution in [0.3, 0.4) is 0 Å². The fourth-order valence-corrected chi connectivity index (χ4v) is 3.33. The van der Waals surface area contributed by atoms with Crippen LogP contribution in [-0.4, -0.2) is 45.2 Å². The predicted octanol–water partition coefficient (Wildman–Crippen LogP) is 1.42. The zero-order valence-corrected chi connectivity index (χ0v) is 13.3. The third-order valence-corrected chi connectivity index (χ3v) is 4.72. The molecule has 0 aliphatic carbocycles. The summed E-state index contributed by atoms with van der Waals surface area (Å²) in [6.45, 7) is 2.20. The molecule has 0 aromatic carbocycles. The van der Waals surface area contributed by atoms with Gasteiger partial charge in [0.15, 0.2) is 0 Å². The van der Waals surface area contributed by atoms with Gasteiger partial charge >= 0.3 is 0 Å². The Bertz CT molecular complexity index is 682. The molecular formula is C17H24N4O2. The van der Waals surface area contributed by atoms with Gasteiger partial charge < -0.3 is 15.7 Å². The Hall–Kier alpha value is -1.92. The second-order valence-electron chi connectivity index (χ2n) is 6.23. The SMILES string of the molecule is NCc1ccn2ncc(C(=O)N3CCCC(CCO)CC3)c2c1. The van der Waals surface area contributed by atoms with Crippen molar-refractivity contribution in [3.05, 3.63) is 35.7 Å². The van der Waals surface area contributed by atoms with Crippen LogP contribution < -0.4 is 5.73 Å². The van der Waals surface area contributed by atoms with Gasteiger partial charge in [-0.3, -0.25) is 4.79 Å². The number of aliphatic hydroxyl groups excluding tert-OH is 1. The van der Waals surface area contributed by atoms with Gasteiger partial charge in [0.2, 0.25) is 0 Å². The van der Waals surface area contributed by atoms with Crippen LogP contribution in [0.4, 0.5) is 0 Å². The van der Waals surface area contributed by atoms with Crippen LogP contribution in [-0.2, 0) is 6.54 Å². The number of aromatic nitrogens is 2. The van der Waals surface area contributed by atoms with Crippen LogP contribution in [0.1, 0.15) is 41.6 Å². The van der Waals surface area contributed by atoms with Gasteiger partial charge in [-0.1, -0.05) is 0 Å². The molecule has 23 heavy (non-hydrogen) atoms. The Labute approximate surface area is 135 Å². The Morgan fingerprint density at radius 1 is 1.39 bits per heavy atom. The van der Waals surface area contributed by atoms with E-state index in [1.54, 1.807) is 10.7 Å². The Morgan fingerprint density at radius 3 is 3.04 bits per heavy atom. The van der Waals surface area contributed by atoms with Gasteiger partial charge in [0.25, 0.3) is 5.91 Å². The molecule has 1 aliphatic heterocycles. The van der Waals surface area contributed by atoms with Gasteiger partial charge in [-0.2, -0.15) is 5.10 Å². The first-order chi connectivity index (χ1) is 11.2. The van der Waals surface area contributed by atoms with Gasteiger partial charge in [0.1, 0.15) is 0 Å². The number of hydrogen-bond donors (Lipinski definition) is 2. The molecule has 0 saturated carbocycles. The van der Waals surface area contributed by atoms with E-state index in [2.05, 4.69) is 5.10 Å². The second kappa shape index (κ2) is 7.10. The van der Waals surface area contributed by atoms with Crippen molar-refractivity contribution in [2.75, 3.05) is 19.7 Å². The third-order valence-electron chi connectivity index (χ3n) is 4.72. The molecule has 3 N–H and O–H groups in total. The minimum atomic E-state index is 0.0406. The molecule has 1 amide bonds. The number of amides is 1. The first kappa shape index (κ1) is 16.0. The lowest BCUT2D eigenvalue weighted by atomic mass is 9.98. The number of rotatable bonds is 4. The Kier molecular flexibility index (Phi) is 4.93. The highest BCUT2D eigenvalue weighted by Gasteiger charge is 2.23. The lowest BCUT2D eigenvalue weighted by Gasteiger charge is -2.20. The highest BCUT2D eigenvalue weighted by Crippen LogP contribution is 2.22. The van der Waals surface area contributed by atoms with Crippen molar-refractivity contribution in [3.63, 3.8) is 0 Å². The highest BCUT2D eigenvalue weighted by molar-refractivity contribution is 6.00. The maximum Gasteiger partial charge on any atom is 0.257 e. The zero-order chi connectivity index (χ0) is 16.2. The number of fused-ring (bicyclic) bond motifs is 1. The van der Waals surface area contributed by atoms with E-state index in [1.807, 2.05) is 23.2 Å². The standard InChI is InChI=1S/C17H24N4O2/c18-11-14-4-8-21-16(10-14)15(12-19-21)17(23)20-6-1-2-13(3-7-20)5-9-22/h4,8,10,12-13,22H,1-3,5-7,9,11,18H2. The molecule has 2 aromatic rings. The lowest BCUT2D eigenvalue weighted by Crippen LogP contribution is -2.32. The quantitative estimate of drug-likeness (QED) is 0.893. The third kappa shape index (κ3) is 3.38. The fraction of sp³-hybridized carbons (Fsp3) is 0.529. The lowest BCUT2D eigenvalue weighted by molar-refractivity contribution is 0.0761. The summed E-state index contributed by atoms with van der Waals surface area (Å²) in [6.07, 6.45) is 7.35. The van der Waals surface area contributed by atoms with Crippen LogP contribution in [0.25, 0.3) is 5.52 Å². The molecule has 124 valence electrons. The number of nitrogens with two attached hydrogens (primary N) is 1. The normalized spacial score (nSPS) is 19.0. The number of hydrogen-bond acceptors (Lipinski definition) is 4. The fourth-order valence-electron chi connectivity index (χ4n) is 3.33. The molecule has 1 atom stereocenters. The van der Waals surface area contributed by atoms with E-state index in [0.717, 1.165) is 49.9 Å². The number of likely N-dealkylation sites (tertiary alicyclic amines) is 1. The van der Waals surface area contributed by atoms with Crippen LogP contribution in [0.5, 0.6) is 0 Å². The molecule has 1 saturated heterocycles. The smallest absolute Gasteiger partial charge is 0.257 e.